The normalized spacial score (nSPS) is 16.2. The summed E-state index contributed by atoms with van der Waals surface area (Å²) >= 11 is 0. The Morgan fingerprint density at radius 2 is 1.95 bits per heavy atom. The molecule has 0 radical (unpaired) electrons. The number of hydrogen-bond acceptors (Lipinski definition) is 4. The highest BCUT2D eigenvalue weighted by molar-refractivity contribution is 5.53. The van der Waals surface area contributed by atoms with Crippen LogP contribution in [-0.2, 0) is 4.74 Å². The molecule has 1 fully saturated rings. The topological polar surface area (TPSA) is 47.7 Å². The first-order chi connectivity index (χ1) is 10.2. The molecular formula is C17H28N2O2. The molecule has 0 atom stereocenters. The van der Waals surface area contributed by atoms with Gasteiger partial charge < -0.3 is 20.1 Å². The van der Waals surface area contributed by atoms with Gasteiger partial charge in [-0.2, -0.15) is 0 Å². The van der Waals surface area contributed by atoms with Crippen LogP contribution in [0, 0.1) is 6.92 Å². The third-order valence-corrected chi connectivity index (χ3v) is 3.90. The van der Waals surface area contributed by atoms with Gasteiger partial charge in [-0.15, -0.1) is 0 Å². The van der Waals surface area contributed by atoms with E-state index in [9.17, 15) is 0 Å². The Balaban J connectivity index is 1.85. The molecule has 4 nitrogen and oxygen atoms in total. The molecule has 0 aromatic heterocycles. The van der Waals surface area contributed by atoms with Crippen LogP contribution in [0.2, 0.25) is 0 Å². The molecule has 2 N–H and O–H groups in total. The van der Waals surface area contributed by atoms with E-state index in [1.54, 1.807) is 0 Å². The second-order valence-corrected chi connectivity index (χ2v) is 5.74. The molecule has 21 heavy (non-hydrogen) atoms. The fourth-order valence-electron chi connectivity index (χ4n) is 2.61. The minimum Gasteiger partial charge on any atom is -0.491 e. The maximum Gasteiger partial charge on any atom is 0.122 e. The predicted octanol–water partition coefficient (Wildman–Crippen LogP) is 2.73. The number of ether oxygens (including phenoxy) is 2. The van der Waals surface area contributed by atoms with E-state index in [0.29, 0.717) is 19.3 Å². The molecule has 0 bridgehead atoms. The maximum absolute atomic E-state index is 5.96. The Hall–Kier alpha value is -1.26. The SMILES string of the molecule is CCCOCCOc1ccc(N2CCC(N)CC2)cc1C. The average Bonchev–Trinajstić information content (AvgIpc) is 2.49. The highest BCUT2D eigenvalue weighted by Crippen LogP contribution is 2.26. The van der Waals surface area contributed by atoms with E-state index in [2.05, 4.69) is 36.9 Å². The van der Waals surface area contributed by atoms with E-state index >= 15 is 0 Å². The van der Waals surface area contributed by atoms with Gasteiger partial charge in [0.15, 0.2) is 0 Å². The number of aryl methyl sites for hydroxylation is 1. The van der Waals surface area contributed by atoms with Crippen molar-refractivity contribution in [3.8, 4) is 5.75 Å². The van der Waals surface area contributed by atoms with Gasteiger partial charge in [0.1, 0.15) is 12.4 Å². The van der Waals surface area contributed by atoms with Crippen LogP contribution in [0.15, 0.2) is 18.2 Å². The number of nitrogens with two attached hydrogens (primary N) is 1. The highest BCUT2D eigenvalue weighted by Gasteiger charge is 2.16. The Bertz CT molecular complexity index is 429. The molecular weight excluding hydrogens is 264 g/mol. The van der Waals surface area contributed by atoms with E-state index in [1.807, 2.05) is 0 Å². The van der Waals surface area contributed by atoms with Crippen molar-refractivity contribution in [1.29, 1.82) is 0 Å². The third kappa shape index (κ3) is 4.90. The minimum atomic E-state index is 0.369. The van der Waals surface area contributed by atoms with Crippen LogP contribution in [0.25, 0.3) is 0 Å². The summed E-state index contributed by atoms with van der Waals surface area (Å²) in [5.74, 6) is 0.951. The molecule has 1 aliphatic rings. The quantitative estimate of drug-likeness (QED) is 0.785. The second kappa shape index (κ2) is 8.25. The van der Waals surface area contributed by atoms with Crippen LogP contribution in [0.1, 0.15) is 31.7 Å². The van der Waals surface area contributed by atoms with Crippen molar-refractivity contribution in [2.75, 3.05) is 37.8 Å². The van der Waals surface area contributed by atoms with Crippen molar-refractivity contribution in [2.24, 2.45) is 5.73 Å². The number of rotatable bonds is 7. The summed E-state index contributed by atoms with van der Waals surface area (Å²) in [4.78, 5) is 2.41. The summed E-state index contributed by atoms with van der Waals surface area (Å²) in [6.45, 7) is 8.37. The maximum atomic E-state index is 5.96. The Labute approximate surface area is 128 Å². The van der Waals surface area contributed by atoms with Gasteiger partial charge in [-0.05, 0) is 49.9 Å². The van der Waals surface area contributed by atoms with E-state index in [0.717, 1.165) is 44.7 Å². The van der Waals surface area contributed by atoms with Crippen LogP contribution in [-0.4, -0.2) is 39.0 Å². The van der Waals surface area contributed by atoms with Crippen LogP contribution in [0.5, 0.6) is 5.75 Å². The summed E-state index contributed by atoms with van der Waals surface area (Å²) in [6.07, 6.45) is 3.20. The first-order valence-corrected chi connectivity index (χ1v) is 8.02. The van der Waals surface area contributed by atoms with Crippen LogP contribution >= 0.6 is 0 Å². The van der Waals surface area contributed by atoms with Gasteiger partial charge in [-0.3, -0.25) is 0 Å². The Morgan fingerprint density at radius 3 is 2.62 bits per heavy atom. The van der Waals surface area contributed by atoms with Gasteiger partial charge >= 0.3 is 0 Å². The third-order valence-electron chi connectivity index (χ3n) is 3.90. The van der Waals surface area contributed by atoms with Gasteiger partial charge in [0.05, 0.1) is 6.61 Å². The van der Waals surface area contributed by atoms with E-state index in [4.69, 9.17) is 15.2 Å². The fourth-order valence-corrected chi connectivity index (χ4v) is 2.61. The molecule has 2 rings (SSSR count). The standard InChI is InChI=1S/C17H28N2O2/c1-3-10-20-11-12-21-17-5-4-16(13-14(17)2)19-8-6-15(18)7-9-19/h4-5,13,15H,3,6-12,18H2,1-2H3. The second-order valence-electron chi connectivity index (χ2n) is 5.74. The molecule has 1 heterocycles. The van der Waals surface area contributed by atoms with Gasteiger partial charge in [0.2, 0.25) is 0 Å². The molecule has 1 aliphatic heterocycles. The summed E-state index contributed by atoms with van der Waals surface area (Å²) in [7, 11) is 0. The number of anilines is 1. The smallest absolute Gasteiger partial charge is 0.122 e. The lowest BCUT2D eigenvalue weighted by molar-refractivity contribution is 0.100. The molecule has 4 heteroatoms. The van der Waals surface area contributed by atoms with Crippen molar-refractivity contribution >= 4 is 5.69 Å². The van der Waals surface area contributed by atoms with Crippen molar-refractivity contribution in [3.63, 3.8) is 0 Å². The molecule has 118 valence electrons. The molecule has 0 saturated carbocycles. The van der Waals surface area contributed by atoms with Gasteiger partial charge in [-0.25, -0.2) is 0 Å². The predicted molar refractivity (Wildman–Crippen MR) is 87.2 cm³/mol. The van der Waals surface area contributed by atoms with Crippen LogP contribution in [0.3, 0.4) is 0 Å². The molecule has 1 aromatic carbocycles. The fraction of sp³-hybridized carbons (Fsp3) is 0.647. The summed E-state index contributed by atoms with van der Waals surface area (Å²) < 4.78 is 11.2. The molecule has 0 aliphatic carbocycles. The summed E-state index contributed by atoms with van der Waals surface area (Å²) in [5, 5.41) is 0. The first-order valence-electron chi connectivity index (χ1n) is 8.02. The van der Waals surface area contributed by atoms with Crippen LogP contribution in [0.4, 0.5) is 5.69 Å². The molecule has 0 amide bonds. The zero-order valence-electron chi connectivity index (χ0n) is 13.3. The zero-order chi connectivity index (χ0) is 15.1. The molecule has 1 saturated heterocycles. The molecule has 1 aromatic rings. The molecule has 0 spiro atoms. The summed E-state index contributed by atoms with van der Waals surface area (Å²) in [5.41, 5.74) is 8.41. The van der Waals surface area contributed by atoms with E-state index in [1.165, 1.54) is 11.3 Å². The Morgan fingerprint density at radius 1 is 1.19 bits per heavy atom. The monoisotopic (exact) mass is 292 g/mol. The van der Waals surface area contributed by atoms with Gasteiger partial charge in [0.25, 0.3) is 0 Å². The number of hydrogen-bond donors (Lipinski definition) is 1. The lowest BCUT2D eigenvalue weighted by Gasteiger charge is -2.32. The van der Waals surface area contributed by atoms with Crippen molar-refractivity contribution < 1.29 is 9.47 Å². The zero-order valence-corrected chi connectivity index (χ0v) is 13.3. The number of benzene rings is 1. The first kappa shape index (κ1) is 16.1. The van der Waals surface area contributed by atoms with Crippen molar-refractivity contribution in [2.45, 2.75) is 39.2 Å². The lowest BCUT2D eigenvalue weighted by atomic mass is 10.0. The van der Waals surface area contributed by atoms with Gasteiger partial charge in [0, 0.05) is 31.4 Å². The van der Waals surface area contributed by atoms with Crippen molar-refractivity contribution in [1.82, 2.24) is 0 Å². The average molecular weight is 292 g/mol. The summed E-state index contributed by atoms with van der Waals surface area (Å²) in [6, 6.07) is 6.79. The lowest BCUT2D eigenvalue weighted by Crippen LogP contribution is -2.39. The highest BCUT2D eigenvalue weighted by atomic mass is 16.5. The minimum absolute atomic E-state index is 0.369. The van der Waals surface area contributed by atoms with Gasteiger partial charge in [-0.1, -0.05) is 6.92 Å². The van der Waals surface area contributed by atoms with Crippen molar-refractivity contribution in [3.05, 3.63) is 23.8 Å². The largest absolute Gasteiger partial charge is 0.491 e. The number of nitrogens with zero attached hydrogens (tertiary/aromatic N) is 1. The molecule has 0 unspecified atom stereocenters. The number of piperidine rings is 1. The van der Waals surface area contributed by atoms with E-state index < -0.39 is 0 Å². The van der Waals surface area contributed by atoms with E-state index in [-0.39, 0.29) is 0 Å². The van der Waals surface area contributed by atoms with Crippen LogP contribution < -0.4 is 15.4 Å². The Kier molecular flexibility index (Phi) is 6.33.